The van der Waals surface area contributed by atoms with E-state index in [1.807, 2.05) is 30.3 Å². The summed E-state index contributed by atoms with van der Waals surface area (Å²) in [4.78, 5) is 11.4. The molecule has 0 radical (unpaired) electrons. The Morgan fingerprint density at radius 3 is 2.35 bits per heavy atom. The number of fused-ring (bicyclic) bond motifs is 1. The minimum absolute atomic E-state index is 0.285. The van der Waals surface area contributed by atoms with Gasteiger partial charge in [-0.1, -0.05) is 24.3 Å². The summed E-state index contributed by atoms with van der Waals surface area (Å²) in [5.41, 5.74) is -0.260. The predicted octanol–water partition coefficient (Wildman–Crippen LogP) is 4.31. The first-order valence-electron chi connectivity index (χ1n) is 6.99. The third-order valence-electron chi connectivity index (χ3n) is 4.08. The van der Waals surface area contributed by atoms with Gasteiger partial charge in [0, 0.05) is 12.5 Å². The lowest BCUT2D eigenvalue weighted by Gasteiger charge is -2.29. The van der Waals surface area contributed by atoms with Crippen LogP contribution in [0.25, 0.3) is 10.8 Å². The van der Waals surface area contributed by atoms with Gasteiger partial charge in [-0.25, -0.2) is 4.39 Å². The molecule has 2 aromatic rings. The number of esters is 1. The average molecular weight is 272 g/mol. The van der Waals surface area contributed by atoms with Crippen LogP contribution in [0.1, 0.15) is 38.2 Å². The fourth-order valence-electron chi connectivity index (χ4n) is 3.21. The van der Waals surface area contributed by atoms with Crippen molar-refractivity contribution in [3.05, 3.63) is 47.8 Å². The van der Waals surface area contributed by atoms with Crippen molar-refractivity contribution in [3.8, 4) is 0 Å². The van der Waals surface area contributed by atoms with Gasteiger partial charge in [0.25, 0.3) is 0 Å². The molecule has 1 fully saturated rings. The Bertz CT molecular complexity index is 657. The van der Waals surface area contributed by atoms with Gasteiger partial charge in [-0.05, 0) is 48.6 Å². The van der Waals surface area contributed by atoms with Crippen molar-refractivity contribution in [3.63, 3.8) is 0 Å². The van der Waals surface area contributed by atoms with Gasteiger partial charge in [0.15, 0.2) is 0 Å². The van der Waals surface area contributed by atoms with Crippen LogP contribution in [-0.4, -0.2) is 5.97 Å². The minimum atomic E-state index is -0.778. The quantitative estimate of drug-likeness (QED) is 0.761. The minimum Gasteiger partial charge on any atom is -0.454 e. The van der Waals surface area contributed by atoms with E-state index < -0.39 is 5.60 Å². The second kappa shape index (κ2) is 4.89. The zero-order valence-electron chi connectivity index (χ0n) is 11.5. The normalized spacial score (nSPS) is 17.3. The predicted molar refractivity (Wildman–Crippen MR) is 75.8 cm³/mol. The van der Waals surface area contributed by atoms with Crippen LogP contribution in [0, 0.1) is 5.82 Å². The van der Waals surface area contributed by atoms with Crippen molar-refractivity contribution in [2.75, 3.05) is 0 Å². The Morgan fingerprint density at radius 1 is 1.15 bits per heavy atom. The molecule has 1 aliphatic carbocycles. The maximum atomic E-state index is 14.5. The van der Waals surface area contributed by atoms with Crippen molar-refractivity contribution in [2.45, 2.75) is 38.2 Å². The zero-order chi connectivity index (χ0) is 14.2. The van der Waals surface area contributed by atoms with Crippen LogP contribution in [0.5, 0.6) is 0 Å². The van der Waals surface area contributed by atoms with E-state index in [1.165, 1.54) is 13.0 Å². The molecule has 0 spiro atoms. The van der Waals surface area contributed by atoms with Crippen LogP contribution in [0.15, 0.2) is 36.4 Å². The number of ether oxygens (including phenoxy) is 1. The summed E-state index contributed by atoms with van der Waals surface area (Å²) < 4.78 is 20.0. The Morgan fingerprint density at radius 2 is 1.75 bits per heavy atom. The summed E-state index contributed by atoms with van der Waals surface area (Å²) in [6, 6.07) is 11.0. The Hall–Kier alpha value is -1.90. The molecule has 0 aromatic heterocycles. The third-order valence-corrected chi connectivity index (χ3v) is 4.08. The van der Waals surface area contributed by atoms with Crippen LogP contribution in [0.3, 0.4) is 0 Å². The Balaban J connectivity index is 2.15. The molecule has 0 bridgehead atoms. The van der Waals surface area contributed by atoms with E-state index in [0.717, 1.165) is 23.6 Å². The monoisotopic (exact) mass is 272 g/mol. The number of hydrogen-bond acceptors (Lipinski definition) is 2. The summed E-state index contributed by atoms with van der Waals surface area (Å²) in [6.07, 6.45) is 3.31. The summed E-state index contributed by atoms with van der Waals surface area (Å²) in [5, 5.41) is 1.84. The van der Waals surface area contributed by atoms with Crippen LogP contribution in [-0.2, 0) is 15.1 Å². The standard InChI is InChI=1S/C17H17FO2/c1-12(19)20-17(8-4-5-9-17)15-10-13-6-2-3-7-14(13)11-16(15)18/h2-3,6-7,10-11H,4-5,8-9H2,1H3. The number of benzene rings is 2. The zero-order valence-corrected chi connectivity index (χ0v) is 11.5. The van der Waals surface area contributed by atoms with E-state index in [4.69, 9.17) is 4.74 Å². The van der Waals surface area contributed by atoms with Gasteiger partial charge < -0.3 is 4.74 Å². The van der Waals surface area contributed by atoms with Crippen LogP contribution < -0.4 is 0 Å². The lowest BCUT2D eigenvalue weighted by Crippen LogP contribution is -2.29. The van der Waals surface area contributed by atoms with E-state index >= 15 is 0 Å². The summed E-state index contributed by atoms with van der Waals surface area (Å²) in [7, 11) is 0. The van der Waals surface area contributed by atoms with Crippen molar-refractivity contribution in [1.29, 1.82) is 0 Å². The SMILES string of the molecule is CC(=O)OC1(c2cc3ccccc3cc2F)CCCC1. The maximum Gasteiger partial charge on any atom is 0.303 e. The molecule has 0 atom stereocenters. The first-order chi connectivity index (χ1) is 9.61. The molecule has 104 valence electrons. The molecule has 3 heteroatoms. The first kappa shape index (κ1) is 13.1. The number of rotatable bonds is 2. The van der Waals surface area contributed by atoms with Crippen LogP contribution in [0.4, 0.5) is 4.39 Å². The highest BCUT2D eigenvalue weighted by atomic mass is 19.1. The third kappa shape index (κ3) is 2.17. The van der Waals surface area contributed by atoms with Crippen molar-refractivity contribution < 1.29 is 13.9 Å². The lowest BCUT2D eigenvalue weighted by atomic mass is 9.89. The first-order valence-corrected chi connectivity index (χ1v) is 6.99. The molecule has 0 heterocycles. The van der Waals surface area contributed by atoms with Gasteiger partial charge in [-0.3, -0.25) is 4.79 Å². The van der Waals surface area contributed by atoms with Crippen molar-refractivity contribution >= 4 is 16.7 Å². The number of halogens is 1. The van der Waals surface area contributed by atoms with E-state index in [9.17, 15) is 9.18 Å². The van der Waals surface area contributed by atoms with Crippen LogP contribution >= 0.6 is 0 Å². The summed E-state index contributed by atoms with van der Waals surface area (Å²) >= 11 is 0. The van der Waals surface area contributed by atoms with E-state index in [1.54, 1.807) is 0 Å². The second-order valence-electron chi connectivity index (χ2n) is 5.47. The molecule has 0 N–H and O–H groups in total. The summed E-state index contributed by atoms with van der Waals surface area (Å²) in [6.45, 7) is 1.39. The Kier molecular flexibility index (Phi) is 3.20. The molecule has 1 saturated carbocycles. The second-order valence-corrected chi connectivity index (χ2v) is 5.47. The summed E-state index contributed by atoms with van der Waals surface area (Å²) in [5.74, 6) is -0.633. The van der Waals surface area contributed by atoms with Gasteiger partial charge >= 0.3 is 5.97 Å². The molecule has 1 aliphatic rings. The van der Waals surface area contributed by atoms with Crippen LogP contribution in [0.2, 0.25) is 0 Å². The highest BCUT2D eigenvalue weighted by Gasteiger charge is 2.41. The van der Waals surface area contributed by atoms with Gasteiger partial charge in [0.2, 0.25) is 0 Å². The fraction of sp³-hybridized carbons (Fsp3) is 0.353. The molecule has 0 aliphatic heterocycles. The topological polar surface area (TPSA) is 26.3 Å². The molecule has 0 unspecified atom stereocenters. The lowest BCUT2D eigenvalue weighted by molar-refractivity contribution is -0.158. The molecular weight excluding hydrogens is 255 g/mol. The van der Waals surface area contributed by atoms with E-state index in [0.29, 0.717) is 18.4 Å². The van der Waals surface area contributed by atoms with Gasteiger partial charge in [0.1, 0.15) is 11.4 Å². The molecule has 0 amide bonds. The number of carbonyl (C=O) groups is 1. The van der Waals surface area contributed by atoms with E-state index in [2.05, 4.69) is 0 Å². The average Bonchev–Trinajstić information content (AvgIpc) is 2.86. The van der Waals surface area contributed by atoms with E-state index in [-0.39, 0.29) is 11.8 Å². The maximum absolute atomic E-state index is 14.5. The van der Waals surface area contributed by atoms with Gasteiger partial charge in [0.05, 0.1) is 0 Å². The highest BCUT2D eigenvalue weighted by Crippen LogP contribution is 2.44. The van der Waals surface area contributed by atoms with Gasteiger partial charge in [-0.15, -0.1) is 0 Å². The van der Waals surface area contributed by atoms with Crippen molar-refractivity contribution in [1.82, 2.24) is 0 Å². The smallest absolute Gasteiger partial charge is 0.303 e. The molecule has 0 saturated heterocycles. The molecule has 3 rings (SSSR count). The molecule has 20 heavy (non-hydrogen) atoms. The molecule has 2 nitrogen and oxygen atoms in total. The van der Waals surface area contributed by atoms with Crippen molar-refractivity contribution in [2.24, 2.45) is 0 Å². The molecule has 2 aromatic carbocycles. The van der Waals surface area contributed by atoms with Gasteiger partial charge in [-0.2, -0.15) is 0 Å². The Labute approximate surface area is 117 Å². The number of hydrogen-bond donors (Lipinski definition) is 0. The largest absolute Gasteiger partial charge is 0.454 e. The fourth-order valence-corrected chi connectivity index (χ4v) is 3.21. The highest BCUT2D eigenvalue weighted by molar-refractivity contribution is 5.83. The number of carbonyl (C=O) groups excluding carboxylic acids is 1. The molecular formula is C17H17FO2.